The number of amides is 1. The maximum absolute atomic E-state index is 11.8. The summed E-state index contributed by atoms with van der Waals surface area (Å²) in [6.07, 6.45) is 0.935. The number of likely N-dealkylation sites (N-methyl/N-ethyl adjacent to an activating group) is 1. The van der Waals surface area contributed by atoms with Gasteiger partial charge >= 0.3 is 5.97 Å². The maximum atomic E-state index is 11.8. The van der Waals surface area contributed by atoms with Crippen molar-refractivity contribution in [1.82, 2.24) is 5.32 Å². The molecule has 0 fully saturated rings. The summed E-state index contributed by atoms with van der Waals surface area (Å²) >= 11 is 0. The number of nitrogens with two attached hydrogens (primary N) is 1. The van der Waals surface area contributed by atoms with E-state index < -0.39 is 5.97 Å². The molecule has 6 nitrogen and oxygen atoms in total. The number of nitrogens with zero attached hydrogens (tertiary/aromatic N) is 1. The minimum atomic E-state index is -1.03. The summed E-state index contributed by atoms with van der Waals surface area (Å²) < 4.78 is 0. The molecule has 0 aliphatic carbocycles. The van der Waals surface area contributed by atoms with Gasteiger partial charge in [-0.15, -0.1) is 0 Å². The Balaban J connectivity index is 2.61. The molecule has 0 saturated carbocycles. The van der Waals surface area contributed by atoms with E-state index in [2.05, 4.69) is 19.2 Å². The highest BCUT2D eigenvalue weighted by Crippen LogP contribution is 2.23. The molecule has 1 rings (SSSR count). The van der Waals surface area contributed by atoms with Crippen LogP contribution in [0.5, 0.6) is 0 Å². The molecule has 21 heavy (non-hydrogen) atoms. The smallest absolute Gasteiger partial charge is 0.335 e. The Hall–Kier alpha value is -2.24. The van der Waals surface area contributed by atoms with Crippen molar-refractivity contribution in [3.63, 3.8) is 0 Å². The molecule has 0 bridgehead atoms. The molecule has 0 saturated heterocycles. The van der Waals surface area contributed by atoms with E-state index in [1.165, 1.54) is 12.1 Å². The number of carboxylic acids is 1. The van der Waals surface area contributed by atoms with Gasteiger partial charge in [-0.3, -0.25) is 4.79 Å². The highest BCUT2D eigenvalue weighted by Gasteiger charge is 2.12. The summed E-state index contributed by atoms with van der Waals surface area (Å²) in [7, 11) is 1.74. The fourth-order valence-corrected chi connectivity index (χ4v) is 1.89. The van der Waals surface area contributed by atoms with Gasteiger partial charge in [0.25, 0.3) is 0 Å². The van der Waals surface area contributed by atoms with E-state index in [9.17, 15) is 9.59 Å². The Morgan fingerprint density at radius 3 is 2.57 bits per heavy atom. The molecule has 116 valence electrons. The van der Waals surface area contributed by atoms with Crippen LogP contribution >= 0.6 is 0 Å². The van der Waals surface area contributed by atoms with Crippen LogP contribution in [-0.2, 0) is 4.79 Å². The van der Waals surface area contributed by atoms with Crippen molar-refractivity contribution in [2.75, 3.05) is 30.8 Å². The number of nitrogens with one attached hydrogen (secondary N) is 1. The van der Waals surface area contributed by atoms with E-state index in [4.69, 9.17) is 10.8 Å². The second-order valence-corrected chi connectivity index (χ2v) is 5.47. The average molecular weight is 293 g/mol. The van der Waals surface area contributed by atoms with Gasteiger partial charge in [-0.05, 0) is 30.5 Å². The van der Waals surface area contributed by atoms with Crippen LogP contribution < -0.4 is 16.0 Å². The minimum Gasteiger partial charge on any atom is -0.478 e. The summed E-state index contributed by atoms with van der Waals surface area (Å²) in [5, 5.41) is 11.7. The highest BCUT2D eigenvalue weighted by atomic mass is 16.4. The molecule has 0 aliphatic heterocycles. The number of carbonyl (C=O) groups excluding carboxylic acids is 1. The topological polar surface area (TPSA) is 95.7 Å². The van der Waals surface area contributed by atoms with E-state index in [1.807, 2.05) is 0 Å². The number of nitrogen functional groups attached to an aromatic ring is 1. The van der Waals surface area contributed by atoms with Crippen LogP contribution in [0.3, 0.4) is 0 Å². The van der Waals surface area contributed by atoms with Crippen LogP contribution in [0.1, 0.15) is 30.6 Å². The Labute approximate surface area is 124 Å². The van der Waals surface area contributed by atoms with E-state index in [0.717, 1.165) is 6.42 Å². The van der Waals surface area contributed by atoms with Crippen molar-refractivity contribution >= 4 is 23.3 Å². The van der Waals surface area contributed by atoms with Crippen molar-refractivity contribution < 1.29 is 14.7 Å². The van der Waals surface area contributed by atoms with Crippen LogP contribution in [0.15, 0.2) is 18.2 Å². The zero-order valence-corrected chi connectivity index (χ0v) is 12.7. The number of carboxylic acid groups (broad SMARTS) is 1. The molecule has 0 aliphatic rings. The van der Waals surface area contributed by atoms with Gasteiger partial charge in [-0.1, -0.05) is 13.8 Å². The van der Waals surface area contributed by atoms with Gasteiger partial charge in [0.1, 0.15) is 0 Å². The molecule has 1 amide bonds. The van der Waals surface area contributed by atoms with E-state index in [0.29, 0.717) is 23.8 Å². The lowest BCUT2D eigenvalue weighted by molar-refractivity contribution is -0.119. The Kier molecular flexibility index (Phi) is 6.02. The first-order chi connectivity index (χ1) is 9.81. The van der Waals surface area contributed by atoms with Crippen LogP contribution in [0.2, 0.25) is 0 Å². The van der Waals surface area contributed by atoms with E-state index >= 15 is 0 Å². The Morgan fingerprint density at radius 1 is 1.38 bits per heavy atom. The summed E-state index contributed by atoms with van der Waals surface area (Å²) in [4.78, 5) is 24.4. The number of rotatable bonds is 7. The lowest BCUT2D eigenvalue weighted by Gasteiger charge is -2.21. The summed E-state index contributed by atoms with van der Waals surface area (Å²) in [5.41, 5.74) is 6.95. The molecule has 4 N–H and O–H groups in total. The predicted octanol–water partition coefficient (Wildman–Crippen LogP) is 1.57. The molecule has 0 heterocycles. The number of hydrogen-bond acceptors (Lipinski definition) is 4. The second-order valence-electron chi connectivity index (χ2n) is 5.47. The van der Waals surface area contributed by atoms with Crippen LogP contribution in [0.25, 0.3) is 0 Å². The Morgan fingerprint density at radius 2 is 2.05 bits per heavy atom. The van der Waals surface area contributed by atoms with Crippen molar-refractivity contribution in [2.45, 2.75) is 20.3 Å². The second kappa shape index (κ2) is 7.52. The van der Waals surface area contributed by atoms with Gasteiger partial charge < -0.3 is 21.1 Å². The number of benzene rings is 1. The van der Waals surface area contributed by atoms with Crippen molar-refractivity contribution in [1.29, 1.82) is 0 Å². The molecule has 0 spiro atoms. The van der Waals surface area contributed by atoms with Gasteiger partial charge in [0, 0.05) is 13.6 Å². The van der Waals surface area contributed by atoms with Gasteiger partial charge in [0.2, 0.25) is 5.91 Å². The first kappa shape index (κ1) is 16.8. The van der Waals surface area contributed by atoms with Crippen molar-refractivity contribution in [3.05, 3.63) is 23.8 Å². The average Bonchev–Trinajstić information content (AvgIpc) is 2.37. The normalized spacial score (nSPS) is 10.5. The van der Waals surface area contributed by atoms with Crippen LogP contribution in [-0.4, -0.2) is 37.1 Å². The van der Waals surface area contributed by atoms with Gasteiger partial charge in [-0.2, -0.15) is 0 Å². The van der Waals surface area contributed by atoms with Gasteiger partial charge in [-0.25, -0.2) is 4.79 Å². The number of aromatic carboxylic acids is 1. The molecule has 0 unspecified atom stereocenters. The molecule has 6 heteroatoms. The number of hydrogen-bond donors (Lipinski definition) is 3. The summed E-state index contributed by atoms with van der Waals surface area (Å²) in [6, 6.07) is 4.48. The lowest BCUT2D eigenvalue weighted by atomic mass is 10.1. The lowest BCUT2D eigenvalue weighted by Crippen LogP contribution is -2.36. The fourth-order valence-electron chi connectivity index (χ4n) is 1.89. The summed E-state index contributed by atoms with van der Waals surface area (Å²) in [6.45, 7) is 5.03. The standard InChI is InChI=1S/C15H23N3O3/c1-10(2)6-7-17-14(19)9-18(3)13-5-4-11(15(20)21)8-12(13)16/h4-5,8,10H,6-7,9,16H2,1-3H3,(H,17,19)(H,20,21). The quantitative estimate of drug-likeness (QED) is 0.663. The van der Waals surface area contributed by atoms with Crippen molar-refractivity contribution in [2.24, 2.45) is 5.92 Å². The first-order valence-corrected chi connectivity index (χ1v) is 6.92. The molecule has 0 radical (unpaired) electrons. The minimum absolute atomic E-state index is 0.0835. The third-order valence-electron chi connectivity index (χ3n) is 3.11. The zero-order valence-electron chi connectivity index (χ0n) is 12.7. The molecule has 1 aromatic rings. The van der Waals surface area contributed by atoms with E-state index in [-0.39, 0.29) is 18.0 Å². The highest BCUT2D eigenvalue weighted by molar-refractivity contribution is 5.91. The number of carbonyl (C=O) groups is 2. The SMILES string of the molecule is CC(C)CCNC(=O)CN(C)c1ccc(C(=O)O)cc1N. The maximum Gasteiger partial charge on any atom is 0.335 e. The largest absolute Gasteiger partial charge is 0.478 e. The van der Waals surface area contributed by atoms with Gasteiger partial charge in [0.05, 0.1) is 23.5 Å². The fraction of sp³-hybridized carbons (Fsp3) is 0.467. The number of anilines is 2. The Bertz CT molecular complexity index is 515. The van der Waals surface area contributed by atoms with E-state index in [1.54, 1.807) is 18.0 Å². The van der Waals surface area contributed by atoms with Gasteiger partial charge in [0.15, 0.2) is 0 Å². The van der Waals surface area contributed by atoms with Crippen LogP contribution in [0.4, 0.5) is 11.4 Å². The molecular weight excluding hydrogens is 270 g/mol. The molecule has 0 atom stereocenters. The first-order valence-electron chi connectivity index (χ1n) is 6.92. The molecular formula is C15H23N3O3. The summed E-state index contributed by atoms with van der Waals surface area (Å²) in [5.74, 6) is -0.565. The third kappa shape index (κ3) is 5.33. The molecule has 0 aromatic heterocycles. The predicted molar refractivity (Wildman–Crippen MR) is 83.5 cm³/mol. The zero-order chi connectivity index (χ0) is 16.0. The van der Waals surface area contributed by atoms with Crippen molar-refractivity contribution in [3.8, 4) is 0 Å². The van der Waals surface area contributed by atoms with Crippen LogP contribution in [0, 0.1) is 5.92 Å². The monoisotopic (exact) mass is 293 g/mol. The third-order valence-corrected chi connectivity index (χ3v) is 3.11. The molecule has 1 aromatic carbocycles.